The molecule has 2 fully saturated rings. The molecule has 0 bridgehead atoms. The van der Waals surface area contributed by atoms with Gasteiger partial charge in [0, 0.05) is 23.3 Å². The average molecular weight is 409 g/mol. The van der Waals surface area contributed by atoms with Gasteiger partial charge < -0.3 is 4.74 Å². The zero-order chi connectivity index (χ0) is 19.9. The van der Waals surface area contributed by atoms with Crippen LogP contribution < -0.4 is 14.8 Å². The Bertz CT molecular complexity index is 696. The van der Waals surface area contributed by atoms with Crippen molar-refractivity contribution in [3.8, 4) is 5.75 Å². The summed E-state index contributed by atoms with van der Waals surface area (Å²) in [4.78, 5) is 23.6. The fraction of sp³-hybridized carbons (Fsp3) is 0.619. The van der Waals surface area contributed by atoms with E-state index in [1.807, 2.05) is 0 Å². The number of halogens is 1. The number of rotatable bonds is 12. The minimum absolute atomic E-state index is 0.115. The Balaban J connectivity index is 1.29. The van der Waals surface area contributed by atoms with E-state index in [2.05, 4.69) is 17.0 Å². The molecule has 154 valence electrons. The zero-order valence-corrected chi connectivity index (χ0v) is 17.2. The van der Waals surface area contributed by atoms with Gasteiger partial charge in [-0.2, -0.15) is 0 Å². The SMILES string of the molecule is CC(CCCCCC1CC(=O)NC1=O)NSc1ccc(F)c(OCC2CC2)c1. The molecule has 2 N–H and O–H groups in total. The van der Waals surface area contributed by atoms with Crippen molar-refractivity contribution in [2.75, 3.05) is 6.61 Å². The molecule has 0 aromatic heterocycles. The van der Waals surface area contributed by atoms with Crippen LogP contribution in [0.4, 0.5) is 4.39 Å². The first kappa shape index (κ1) is 21.1. The molecule has 0 radical (unpaired) electrons. The van der Waals surface area contributed by atoms with Crippen LogP contribution in [0, 0.1) is 17.7 Å². The van der Waals surface area contributed by atoms with Crippen LogP contribution in [0.25, 0.3) is 0 Å². The molecule has 1 aliphatic carbocycles. The molecule has 3 rings (SSSR count). The molecule has 0 spiro atoms. The molecule has 1 saturated carbocycles. The van der Waals surface area contributed by atoms with Gasteiger partial charge in [0.15, 0.2) is 11.6 Å². The number of unbranched alkanes of at least 4 members (excludes halogenated alkanes) is 2. The van der Waals surface area contributed by atoms with Crippen molar-refractivity contribution in [1.82, 2.24) is 10.0 Å². The van der Waals surface area contributed by atoms with Crippen LogP contribution in [-0.4, -0.2) is 24.5 Å². The van der Waals surface area contributed by atoms with Crippen molar-refractivity contribution in [3.05, 3.63) is 24.0 Å². The van der Waals surface area contributed by atoms with E-state index >= 15 is 0 Å². The van der Waals surface area contributed by atoms with E-state index in [9.17, 15) is 14.0 Å². The Labute approximate surface area is 170 Å². The summed E-state index contributed by atoms with van der Waals surface area (Å²) < 4.78 is 22.8. The number of ether oxygens (including phenoxy) is 1. The molecule has 1 aliphatic heterocycles. The first-order chi connectivity index (χ1) is 13.5. The first-order valence-corrected chi connectivity index (χ1v) is 11.0. The molecule has 2 atom stereocenters. The summed E-state index contributed by atoms with van der Waals surface area (Å²) in [7, 11) is 0. The lowest BCUT2D eigenvalue weighted by Crippen LogP contribution is -2.22. The predicted octanol–water partition coefficient (Wildman–Crippen LogP) is 4.21. The first-order valence-electron chi connectivity index (χ1n) is 10.2. The average Bonchev–Trinajstić information content (AvgIpc) is 3.43. The van der Waals surface area contributed by atoms with Gasteiger partial charge in [0.25, 0.3) is 0 Å². The number of amides is 2. The van der Waals surface area contributed by atoms with Crippen LogP contribution in [0.1, 0.15) is 58.3 Å². The fourth-order valence-electron chi connectivity index (χ4n) is 3.24. The maximum absolute atomic E-state index is 13.8. The Morgan fingerprint density at radius 3 is 2.82 bits per heavy atom. The smallest absolute Gasteiger partial charge is 0.230 e. The number of nitrogens with one attached hydrogen (secondary N) is 2. The molecule has 5 nitrogen and oxygen atoms in total. The summed E-state index contributed by atoms with van der Waals surface area (Å²) >= 11 is 1.50. The van der Waals surface area contributed by atoms with Crippen LogP contribution in [0.15, 0.2) is 23.1 Å². The number of carbonyl (C=O) groups is 2. The Morgan fingerprint density at radius 2 is 2.11 bits per heavy atom. The monoisotopic (exact) mass is 408 g/mol. The van der Waals surface area contributed by atoms with Crippen molar-refractivity contribution in [2.24, 2.45) is 11.8 Å². The maximum Gasteiger partial charge on any atom is 0.230 e. The third kappa shape index (κ3) is 6.78. The van der Waals surface area contributed by atoms with Gasteiger partial charge in [-0.1, -0.05) is 19.3 Å². The van der Waals surface area contributed by atoms with Gasteiger partial charge in [0.05, 0.1) is 6.61 Å². The fourth-order valence-corrected chi connectivity index (χ4v) is 3.99. The van der Waals surface area contributed by atoms with Crippen LogP contribution in [0.2, 0.25) is 0 Å². The van der Waals surface area contributed by atoms with E-state index in [0.717, 1.165) is 37.0 Å². The highest BCUT2D eigenvalue weighted by Gasteiger charge is 2.29. The van der Waals surface area contributed by atoms with Gasteiger partial charge in [-0.25, -0.2) is 4.39 Å². The van der Waals surface area contributed by atoms with E-state index in [1.54, 1.807) is 12.1 Å². The van der Waals surface area contributed by atoms with E-state index in [0.29, 0.717) is 30.7 Å². The lowest BCUT2D eigenvalue weighted by molar-refractivity contribution is -0.125. The highest BCUT2D eigenvalue weighted by atomic mass is 32.2. The lowest BCUT2D eigenvalue weighted by Gasteiger charge is -2.14. The van der Waals surface area contributed by atoms with Crippen LogP contribution in [-0.2, 0) is 9.59 Å². The minimum Gasteiger partial charge on any atom is -0.490 e. The van der Waals surface area contributed by atoms with E-state index in [4.69, 9.17) is 4.74 Å². The number of hydrogen-bond donors (Lipinski definition) is 2. The van der Waals surface area contributed by atoms with E-state index < -0.39 is 0 Å². The summed E-state index contributed by atoms with van der Waals surface area (Å²) in [5.41, 5.74) is 0. The maximum atomic E-state index is 13.8. The van der Waals surface area contributed by atoms with Gasteiger partial charge in [-0.05, 0) is 68.7 Å². The largest absolute Gasteiger partial charge is 0.490 e. The molecule has 1 aromatic rings. The number of benzene rings is 1. The third-order valence-electron chi connectivity index (χ3n) is 5.21. The minimum atomic E-state index is -0.310. The van der Waals surface area contributed by atoms with Crippen molar-refractivity contribution in [2.45, 2.75) is 69.2 Å². The normalized spacial score (nSPS) is 20.3. The zero-order valence-electron chi connectivity index (χ0n) is 16.3. The molecular formula is C21H29FN2O3S. The number of imide groups is 1. The van der Waals surface area contributed by atoms with Crippen LogP contribution >= 0.6 is 11.9 Å². The Kier molecular flexibility index (Phi) is 7.73. The third-order valence-corrected chi connectivity index (χ3v) is 6.22. The predicted molar refractivity (Wildman–Crippen MR) is 107 cm³/mol. The van der Waals surface area contributed by atoms with Gasteiger partial charge in [-0.3, -0.25) is 19.6 Å². The van der Waals surface area contributed by atoms with Gasteiger partial charge in [0.1, 0.15) is 0 Å². The van der Waals surface area contributed by atoms with Gasteiger partial charge in [-0.15, -0.1) is 0 Å². The molecule has 1 saturated heterocycles. The van der Waals surface area contributed by atoms with E-state index in [-0.39, 0.29) is 23.5 Å². The molecule has 1 heterocycles. The summed E-state index contributed by atoms with van der Waals surface area (Å²) in [6.07, 6.45) is 7.59. The summed E-state index contributed by atoms with van der Waals surface area (Å²) in [6, 6.07) is 5.30. The summed E-state index contributed by atoms with van der Waals surface area (Å²) in [5.74, 6) is 0.227. The summed E-state index contributed by atoms with van der Waals surface area (Å²) in [5, 5.41) is 2.36. The highest BCUT2D eigenvalue weighted by molar-refractivity contribution is 7.97. The Morgan fingerprint density at radius 1 is 1.29 bits per heavy atom. The molecule has 2 unspecified atom stereocenters. The molecule has 1 aromatic carbocycles. The van der Waals surface area contributed by atoms with Crippen LogP contribution in [0.3, 0.4) is 0 Å². The topological polar surface area (TPSA) is 67.4 Å². The second kappa shape index (κ2) is 10.3. The molecule has 2 aliphatic rings. The van der Waals surface area contributed by atoms with Gasteiger partial charge >= 0.3 is 0 Å². The van der Waals surface area contributed by atoms with E-state index in [1.165, 1.54) is 30.9 Å². The van der Waals surface area contributed by atoms with Crippen molar-refractivity contribution < 1.29 is 18.7 Å². The standard InChI is InChI=1S/C21H29FN2O3S/c1-14(5-3-2-4-6-16-11-20(25)23-21(16)26)24-28-17-9-10-18(22)19(12-17)27-13-15-7-8-15/h9-10,12,14-16,24H,2-8,11,13H2,1H3,(H,23,25,26). The van der Waals surface area contributed by atoms with Crippen LogP contribution in [0.5, 0.6) is 5.75 Å². The molecular weight excluding hydrogens is 379 g/mol. The lowest BCUT2D eigenvalue weighted by atomic mass is 9.99. The number of carbonyl (C=O) groups excluding carboxylic acids is 2. The van der Waals surface area contributed by atoms with Gasteiger partial charge in [0.2, 0.25) is 11.8 Å². The van der Waals surface area contributed by atoms with Crippen molar-refractivity contribution in [3.63, 3.8) is 0 Å². The molecule has 2 amide bonds. The second-order valence-electron chi connectivity index (χ2n) is 7.92. The quantitative estimate of drug-likeness (QED) is 0.308. The summed E-state index contributed by atoms with van der Waals surface area (Å²) in [6.45, 7) is 2.73. The second-order valence-corrected chi connectivity index (χ2v) is 8.83. The van der Waals surface area contributed by atoms with Crippen molar-refractivity contribution in [1.29, 1.82) is 0 Å². The molecule has 28 heavy (non-hydrogen) atoms. The van der Waals surface area contributed by atoms with Crippen molar-refractivity contribution >= 4 is 23.8 Å². The molecule has 7 heteroatoms. The highest BCUT2D eigenvalue weighted by Crippen LogP contribution is 2.31. The Hall–Kier alpha value is -1.60. The number of hydrogen-bond acceptors (Lipinski definition) is 5.